The smallest absolute Gasteiger partial charge is 0.333 e. The van der Waals surface area contributed by atoms with Gasteiger partial charge >= 0.3 is 5.97 Å². The quantitative estimate of drug-likeness (QED) is 0.429. The van der Waals surface area contributed by atoms with Crippen LogP contribution >= 0.6 is 0 Å². The molecule has 2 rings (SSSR count). The molecule has 2 aliphatic heterocycles. The van der Waals surface area contributed by atoms with E-state index in [9.17, 15) is 4.79 Å². The first-order valence-corrected chi connectivity index (χ1v) is 6.05. The van der Waals surface area contributed by atoms with Gasteiger partial charge in [0, 0.05) is 5.57 Å². The predicted octanol–water partition coefficient (Wildman–Crippen LogP) is 1.83. The van der Waals surface area contributed by atoms with E-state index in [2.05, 4.69) is 0 Å². The van der Waals surface area contributed by atoms with Gasteiger partial charge in [0.05, 0.1) is 12.7 Å². The van der Waals surface area contributed by atoms with Crippen molar-refractivity contribution in [3.63, 3.8) is 0 Å². The van der Waals surface area contributed by atoms with Gasteiger partial charge in [-0.1, -0.05) is 0 Å². The monoisotopic (exact) mass is 240 g/mol. The third-order valence-corrected chi connectivity index (χ3v) is 3.69. The van der Waals surface area contributed by atoms with Crippen molar-refractivity contribution in [3.8, 4) is 0 Å². The first kappa shape index (κ1) is 12.6. The molecule has 2 fully saturated rings. The fourth-order valence-corrected chi connectivity index (χ4v) is 2.62. The molecule has 0 aliphatic carbocycles. The Labute approximate surface area is 102 Å². The van der Waals surface area contributed by atoms with E-state index in [4.69, 9.17) is 14.2 Å². The average molecular weight is 240 g/mol. The average Bonchev–Trinajstić information content (AvgIpc) is 2.88. The summed E-state index contributed by atoms with van der Waals surface area (Å²) in [6.07, 6.45) is 1.91. The summed E-state index contributed by atoms with van der Waals surface area (Å²) in [5.74, 6) is -0.292. The maximum atomic E-state index is 11.6. The van der Waals surface area contributed by atoms with E-state index in [-0.39, 0.29) is 23.8 Å². The highest BCUT2D eigenvalue weighted by atomic mass is 16.7. The summed E-state index contributed by atoms with van der Waals surface area (Å²) in [5, 5.41) is 0. The zero-order valence-electron chi connectivity index (χ0n) is 11.1. The molecule has 0 N–H and O–H groups in total. The van der Waals surface area contributed by atoms with E-state index in [0.29, 0.717) is 12.2 Å². The second kappa shape index (κ2) is 3.82. The summed E-state index contributed by atoms with van der Waals surface area (Å²) in [6.45, 7) is 9.92. The SMILES string of the molecule is CCOC(=O)/C(C)=C/[C@]1(C)O[C@H](C)[C@@]2(C)O[C@H]21. The molecule has 0 spiro atoms. The fourth-order valence-electron chi connectivity index (χ4n) is 2.62. The molecule has 4 heteroatoms. The van der Waals surface area contributed by atoms with Crippen LogP contribution < -0.4 is 0 Å². The van der Waals surface area contributed by atoms with Crippen LogP contribution in [0.1, 0.15) is 34.6 Å². The molecular weight excluding hydrogens is 220 g/mol. The van der Waals surface area contributed by atoms with Gasteiger partial charge in [-0.2, -0.15) is 0 Å². The zero-order chi connectivity index (χ0) is 12.8. The second-order valence-electron chi connectivity index (χ2n) is 5.17. The van der Waals surface area contributed by atoms with E-state index in [0.717, 1.165) is 0 Å². The van der Waals surface area contributed by atoms with Crippen molar-refractivity contribution >= 4 is 5.97 Å². The van der Waals surface area contributed by atoms with E-state index >= 15 is 0 Å². The first-order valence-electron chi connectivity index (χ1n) is 6.05. The number of rotatable bonds is 3. The van der Waals surface area contributed by atoms with Crippen molar-refractivity contribution in [2.45, 2.75) is 58.0 Å². The van der Waals surface area contributed by atoms with Crippen LogP contribution in [0.3, 0.4) is 0 Å². The topological polar surface area (TPSA) is 48.1 Å². The maximum absolute atomic E-state index is 11.6. The number of carbonyl (C=O) groups excluding carboxylic acids is 1. The minimum atomic E-state index is -0.523. The number of fused-ring (bicyclic) bond motifs is 1. The molecule has 2 aliphatic rings. The van der Waals surface area contributed by atoms with Crippen LogP contribution in [0.15, 0.2) is 11.6 Å². The first-order chi connectivity index (χ1) is 7.83. The van der Waals surface area contributed by atoms with Crippen LogP contribution in [0.4, 0.5) is 0 Å². The Morgan fingerprint density at radius 3 is 2.47 bits per heavy atom. The van der Waals surface area contributed by atoms with Crippen LogP contribution in [-0.2, 0) is 19.0 Å². The lowest BCUT2D eigenvalue weighted by molar-refractivity contribution is -0.138. The highest BCUT2D eigenvalue weighted by Crippen LogP contribution is 2.55. The summed E-state index contributed by atoms with van der Waals surface area (Å²) >= 11 is 0. The Morgan fingerprint density at radius 1 is 1.41 bits per heavy atom. The van der Waals surface area contributed by atoms with Crippen LogP contribution in [0.5, 0.6) is 0 Å². The maximum Gasteiger partial charge on any atom is 0.333 e. The predicted molar refractivity (Wildman–Crippen MR) is 62.6 cm³/mol. The molecule has 2 heterocycles. The summed E-state index contributed by atoms with van der Waals surface area (Å²) in [6, 6.07) is 0. The number of hydrogen-bond donors (Lipinski definition) is 0. The summed E-state index contributed by atoms with van der Waals surface area (Å²) < 4.78 is 16.5. The summed E-state index contributed by atoms with van der Waals surface area (Å²) in [4.78, 5) is 11.6. The Balaban J connectivity index is 2.14. The number of carbonyl (C=O) groups is 1. The van der Waals surface area contributed by atoms with Crippen LogP contribution in [0.2, 0.25) is 0 Å². The van der Waals surface area contributed by atoms with Crippen molar-refractivity contribution in [2.75, 3.05) is 6.61 Å². The van der Waals surface area contributed by atoms with E-state index in [1.165, 1.54) is 0 Å². The number of epoxide rings is 1. The molecule has 4 atom stereocenters. The molecule has 0 saturated carbocycles. The number of ether oxygens (including phenoxy) is 3. The third kappa shape index (κ3) is 1.89. The Kier molecular flexibility index (Phi) is 2.83. The molecule has 96 valence electrons. The van der Waals surface area contributed by atoms with Gasteiger partial charge in [0.25, 0.3) is 0 Å². The Bertz CT molecular complexity index is 376. The highest BCUT2D eigenvalue weighted by Gasteiger charge is 2.71. The normalized spacial score (nSPS) is 44.4. The summed E-state index contributed by atoms with van der Waals surface area (Å²) in [5.41, 5.74) is -0.146. The van der Waals surface area contributed by atoms with Crippen LogP contribution in [-0.4, -0.2) is 36.0 Å². The van der Waals surface area contributed by atoms with E-state index < -0.39 is 5.60 Å². The van der Waals surface area contributed by atoms with Crippen LogP contribution in [0.25, 0.3) is 0 Å². The third-order valence-electron chi connectivity index (χ3n) is 3.69. The highest BCUT2D eigenvalue weighted by molar-refractivity contribution is 5.88. The molecule has 17 heavy (non-hydrogen) atoms. The lowest BCUT2D eigenvalue weighted by Crippen LogP contribution is -2.31. The van der Waals surface area contributed by atoms with Gasteiger partial charge in [-0.25, -0.2) is 4.79 Å². The zero-order valence-corrected chi connectivity index (χ0v) is 11.1. The van der Waals surface area contributed by atoms with Crippen molar-refractivity contribution in [1.29, 1.82) is 0 Å². The lowest BCUT2D eigenvalue weighted by atomic mass is 9.93. The van der Waals surface area contributed by atoms with Crippen LogP contribution in [0, 0.1) is 0 Å². The van der Waals surface area contributed by atoms with Gasteiger partial charge in [0.1, 0.15) is 17.3 Å². The molecular formula is C13H20O4. The minimum absolute atomic E-state index is 0.0365. The van der Waals surface area contributed by atoms with Gasteiger partial charge in [0.15, 0.2) is 0 Å². The molecule has 0 aromatic rings. The van der Waals surface area contributed by atoms with Crippen molar-refractivity contribution in [3.05, 3.63) is 11.6 Å². The number of esters is 1. The molecule has 4 nitrogen and oxygen atoms in total. The largest absolute Gasteiger partial charge is 0.463 e. The lowest BCUT2D eigenvalue weighted by Gasteiger charge is -2.24. The van der Waals surface area contributed by atoms with Gasteiger partial charge < -0.3 is 14.2 Å². The van der Waals surface area contributed by atoms with E-state index in [1.54, 1.807) is 13.8 Å². The van der Waals surface area contributed by atoms with Crippen molar-refractivity contribution < 1.29 is 19.0 Å². The molecule has 0 radical (unpaired) electrons. The van der Waals surface area contributed by atoms with Gasteiger partial charge in [-0.15, -0.1) is 0 Å². The molecule has 0 unspecified atom stereocenters. The molecule has 2 saturated heterocycles. The fraction of sp³-hybridized carbons (Fsp3) is 0.769. The van der Waals surface area contributed by atoms with E-state index in [1.807, 2.05) is 26.8 Å². The Morgan fingerprint density at radius 2 is 2.06 bits per heavy atom. The van der Waals surface area contributed by atoms with Gasteiger partial charge in [0.2, 0.25) is 0 Å². The Hall–Kier alpha value is -0.870. The van der Waals surface area contributed by atoms with Gasteiger partial charge in [-0.05, 0) is 40.7 Å². The standard InChI is InChI=1S/C13H20O4/c1-6-15-10(14)8(2)7-12(4)11-13(5,17-11)9(3)16-12/h7,9,11H,6H2,1-5H3/b8-7+/t9-,11+,12+,13-/m1/s1. The summed E-state index contributed by atoms with van der Waals surface area (Å²) in [7, 11) is 0. The number of hydrogen-bond acceptors (Lipinski definition) is 4. The van der Waals surface area contributed by atoms with Crippen molar-refractivity contribution in [1.82, 2.24) is 0 Å². The molecule has 0 bridgehead atoms. The molecule has 0 amide bonds. The molecule has 0 aromatic carbocycles. The van der Waals surface area contributed by atoms with Crippen molar-refractivity contribution in [2.24, 2.45) is 0 Å². The van der Waals surface area contributed by atoms with Gasteiger partial charge in [-0.3, -0.25) is 0 Å². The molecule has 0 aromatic heterocycles. The second-order valence-corrected chi connectivity index (χ2v) is 5.17. The minimum Gasteiger partial charge on any atom is -0.463 e.